The quantitative estimate of drug-likeness (QED) is 0.842. The molecule has 0 aliphatic heterocycles. The van der Waals surface area contributed by atoms with Crippen molar-refractivity contribution in [2.24, 2.45) is 5.73 Å². The van der Waals surface area contributed by atoms with Crippen molar-refractivity contribution in [2.75, 3.05) is 6.61 Å². The van der Waals surface area contributed by atoms with E-state index in [0.29, 0.717) is 18.8 Å². The van der Waals surface area contributed by atoms with Gasteiger partial charge in [0.15, 0.2) is 11.6 Å². The Bertz CT molecular complexity index is 556. The summed E-state index contributed by atoms with van der Waals surface area (Å²) in [6.45, 7) is 2.49. The Kier molecular flexibility index (Phi) is 5.76. The van der Waals surface area contributed by atoms with Gasteiger partial charge >= 0.3 is 0 Å². The summed E-state index contributed by atoms with van der Waals surface area (Å²) >= 11 is 0. The topological polar surface area (TPSA) is 35.2 Å². The second-order valence-corrected chi connectivity index (χ2v) is 5.18. The van der Waals surface area contributed by atoms with Gasteiger partial charge in [-0.05, 0) is 30.0 Å². The molecule has 0 radical (unpaired) electrons. The molecular weight excluding hydrogens is 265 g/mol. The second-order valence-electron chi connectivity index (χ2n) is 5.18. The van der Waals surface area contributed by atoms with E-state index >= 15 is 0 Å². The monoisotopic (exact) mass is 287 g/mol. The van der Waals surface area contributed by atoms with E-state index in [9.17, 15) is 4.39 Å². The zero-order chi connectivity index (χ0) is 15.1. The van der Waals surface area contributed by atoms with Gasteiger partial charge in [-0.1, -0.05) is 49.4 Å². The van der Waals surface area contributed by atoms with E-state index in [1.165, 1.54) is 11.6 Å². The molecule has 112 valence electrons. The van der Waals surface area contributed by atoms with E-state index in [4.69, 9.17) is 10.5 Å². The first-order chi connectivity index (χ1) is 10.2. The highest BCUT2D eigenvalue weighted by atomic mass is 19.1. The fourth-order valence-electron chi connectivity index (χ4n) is 2.22. The summed E-state index contributed by atoms with van der Waals surface area (Å²) in [5, 5.41) is 0. The maximum absolute atomic E-state index is 14.0. The molecule has 1 unspecified atom stereocenters. The van der Waals surface area contributed by atoms with Crippen LogP contribution in [0, 0.1) is 5.82 Å². The number of hydrogen-bond acceptors (Lipinski definition) is 2. The molecule has 0 amide bonds. The lowest BCUT2D eigenvalue weighted by atomic mass is 10.0. The molecule has 2 nitrogen and oxygen atoms in total. The predicted molar refractivity (Wildman–Crippen MR) is 84.0 cm³/mol. The largest absolute Gasteiger partial charge is 0.490 e. The highest BCUT2D eigenvalue weighted by Crippen LogP contribution is 2.24. The van der Waals surface area contributed by atoms with Gasteiger partial charge in [-0.15, -0.1) is 0 Å². The van der Waals surface area contributed by atoms with E-state index < -0.39 is 0 Å². The Morgan fingerprint density at radius 1 is 1.10 bits per heavy atom. The molecule has 0 bridgehead atoms. The molecule has 0 fully saturated rings. The minimum absolute atomic E-state index is 0.0308. The Morgan fingerprint density at radius 3 is 2.57 bits per heavy atom. The molecule has 0 saturated carbocycles. The minimum Gasteiger partial charge on any atom is -0.490 e. The molecule has 0 heterocycles. The van der Waals surface area contributed by atoms with Gasteiger partial charge in [0, 0.05) is 12.5 Å². The van der Waals surface area contributed by atoms with Crippen molar-refractivity contribution < 1.29 is 9.13 Å². The lowest BCUT2D eigenvalue weighted by Crippen LogP contribution is -2.22. The van der Waals surface area contributed by atoms with Gasteiger partial charge in [-0.3, -0.25) is 0 Å². The number of hydrogen-bond donors (Lipinski definition) is 1. The summed E-state index contributed by atoms with van der Waals surface area (Å²) in [7, 11) is 0. The summed E-state index contributed by atoms with van der Waals surface area (Å²) in [5.41, 5.74) is 7.99. The van der Waals surface area contributed by atoms with Crippen LogP contribution in [0.2, 0.25) is 0 Å². The van der Waals surface area contributed by atoms with Crippen LogP contribution in [0.3, 0.4) is 0 Å². The minimum atomic E-state index is -0.316. The number of ether oxygens (including phenoxy) is 1. The average Bonchev–Trinajstić information content (AvgIpc) is 2.51. The Morgan fingerprint density at radius 2 is 1.86 bits per heavy atom. The number of para-hydroxylation sites is 1. The van der Waals surface area contributed by atoms with E-state index in [1.807, 2.05) is 43.3 Å². The van der Waals surface area contributed by atoms with Crippen molar-refractivity contribution in [1.82, 2.24) is 0 Å². The third kappa shape index (κ3) is 4.57. The first-order valence-electron chi connectivity index (χ1n) is 7.40. The van der Waals surface area contributed by atoms with Gasteiger partial charge in [0.2, 0.25) is 0 Å². The van der Waals surface area contributed by atoms with Gasteiger partial charge < -0.3 is 10.5 Å². The van der Waals surface area contributed by atoms with Gasteiger partial charge in [0.1, 0.15) is 0 Å². The molecular formula is C18H22FNO. The maximum atomic E-state index is 14.0. The molecule has 3 heteroatoms. The summed E-state index contributed by atoms with van der Waals surface area (Å²) in [6, 6.07) is 15.1. The average molecular weight is 287 g/mol. The van der Waals surface area contributed by atoms with Gasteiger partial charge in [-0.25, -0.2) is 4.39 Å². The molecule has 2 aromatic carbocycles. The van der Waals surface area contributed by atoms with Crippen molar-refractivity contribution in [1.29, 1.82) is 0 Å². The zero-order valence-electron chi connectivity index (χ0n) is 12.4. The second kappa shape index (κ2) is 7.79. The van der Waals surface area contributed by atoms with E-state index in [1.54, 1.807) is 6.07 Å². The van der Waals surface area contributed by atoms with Crippen molar-refractivity contribution in [3.8, 4) is 5.75 Å². The van der Waals surface area contributed by atoms with E-state index in [2.05, 4.69) is 0 Å². The number of benzene rings is 2. The lowest BCUT2D eigenvalue weighted by molar-refractivity contribution is 0.301. The van der Waals surface area contributed by atoms with E-state index in [0.717, 1.165) is 18.4 Å². The predicted octanol–water partition coefficient (Wildman–Crippen LogP) is 3.73. The lowest BCUT2D eigenvalue weighted by Gasteiger charge is -2.15. The molecule has 0 saturated heterocycles. The number of nitrogens with two attached hydrogens (primary N) is 1. The Labute approximate surface area is 125 Å². The molecule has 0 aliphatic rings. The van der Waals surface area contributed by atoms with Crippen LogP contribution in [0.1, 0.15) is 24.5 Å². The smallest absolute Gasteiger partial charge is 0.165 e. The van der Waals surface area contributed by atoms with E-state index in [-0.39, 0.29) is 11.9 Å². The first-order valence-corrected chi connectivity index (χ1v) is 7.40. The van der Waals surface area contributed by atoms with Crippen LogP contribution in [0.15, 0.2) is 48.5 Å². The molecule has 0 aromatic heterocycles. The van der Waals surface area contributed by atoms with Crippen LogP contribution in [-0.2, 0) is 12.8 Å². The van der Waals surface area contributed by atoms with Gasteiger partial charge in [-0.2, -0.15) is 0 Å². The van der Waals surface area contributed by atoms with Crippen molar-refractivity contribution in [2.45, 2.75) is 32.2 Å². The molecule has 1 atom stereocenters. The molecule has 2 rings (SSSR count). The molecule has 2 aromatic rings. The fourth-order valence-corrected chi connectivity index (χ4v) is 2.22. The summed E-state index contributed by atoms with van der Waals surface area (Å²) in [4.78, 5) is 0. The normalized spacial score (nSPS) is 12.1. The molecule has 0 aliphatic carbocycles. The molecule has 2 N–H and O–H groups in total. The highest BCUT2D eigenvalue weighted by molar-refractivity contribution is 5.35. The van der Waals surface area contributed by atoms with Crippen LogP contribution in [0.25, 0.3) is 0 Å². The number of rotatable bonds is 7. The van der Waals surface area contributed by atoms with Crippen molar-refractivity contribution in [3.05, 3.63) is 65.5 Å². The Hall–Kier alpha value is -1.87. The highest BCUT2D eigenvalue weighted by Gasteiger charge is 2.12. The molecule has 21 heavy (non-hydrogen) atoms. The van der Waals surface area contributed by atoms with Crippen molar-refractivity contribution >= 4 is 0 Å². The van der Waals surface area contributed by atoms with Crippen LogP contribution >= 0.6 is 0 Å². The van der Waals surface area contributed by atoms with Crippen LogP contribution < -0.4 is 10.5 Å². The van der Waals surface area contributed by atoms with Gasteiger partial charge in [0.25, 0.3) is 0 Å². The zero-order valence-corrected chi connectivity index (χ0v) is 12.4. The van der Waals surface area contributed by atoms with Crippen LogP contribution in [-0.4, -0.2) is 12.6 Å². The van der Waals surface area contributed by atoms with Crippen LogP contribution in [0.5, 0.6) is 5.75 Å². The third-order valence-electron chi connectivity index (χ3n) is 3.53. The molecule has 0 spiro atoms. The maximum Gasteiger partial charge on any atom is 0.165 e. The summed E-state index contributed by atoms with van der Waals surface area (Å²) in [6.07, 6.45) is 2.25. The summed E-state index contributed by atoms with van der Waals surface area (Å²) in [5.74, 6) is 0.0289. The van der Waals surface area contributed by atoms with Crippen molar-refractivity contribution in [3.63, 3.8) is 0 Å². The first kappa shape index (κ1) is 15.5. The summed E-state index contributed by atoms with van der Waals surface area (Å²) < 4.78 is 19.7. The fraction of sp³-hybridized carbons (Fsp3) is 0.333. The third-order valence-corrected chi connectivity index (χ3v) is 3.53. The SMILES string of the molecule is CCC(N)Cc1cccc(F)c1OCCc1ccccc1. The Balaban J connectivity index is 2.01. The van der Waals surface area contributed by atoms with Crippen LogP contribution in [0.4, 0.5) is 4.39 Å². The number of halogens is 1. The standard InChI is InChI=1S/C18H22FNO/c1-2-16(20)13-15-9-6-10-17(19)18(15)21-12-11-14-7-4-3-5-8-14/h3-10,16H,2,11-13,20H2,1H3. The van der Waals surface area contributed by atoms with Gasteiger partial charge in [0.05, 0.1) is 6.61 Å².